The molecule has 0 aliphatic carbocycles. The molecule has 0 aromatic rings. The molecule has 0 nitrogen and oxygen atoms in total. The fourth-order valence-electron chi connectivity index (χ4n) is 0.664. The molecule has 0 spiro atoms. The predicted octanol–water partition coefficient (Wildman–Crippen LogP) is 3.48. The Kier molecular flexibility index (Phi) is 5.85. The van der Waals surface area contributed by atoms with Gasteiger partial charge in [-0.15, -0.1) is 6.58 Å². The second-order valence-electron chi connectivity index (χ2n) is 2.34. The summed E-state index contributed by atoms with van der Waals surface area (Å²) in [7, 11) is 0. The highest BCUT2D eigenvalue weighted by molar-refractivity contribution is 5.12. The van der Waals surface area contributed by atoms with Crippen molar-refractivity contribution in [3.05, 3.63) is 36.5 Å². The second-order valence-corrected chi connectivity index (χ2v) is 2.34. The Balaban J connectivity index is 3.67. The average molecular weight is 136 g/mol. The molecule has 0 saturated heterocycles. The molecule has 0 bridgehead atoms. The summed E-state index contributed by atoms with van der Waals surface area (Å²) in [4.78, 5) is 0. The van der Waals surface area contributed by atoms with E-state index < -0.39 is 0 Å². The summed E-state index contributed by atoms with van der Waals surface area (Å²) >= 11 is 0. The smallest absolute Gasteiger partial charge is 0.0141 e. The van der Waals surface area contributed by atoms with Crippen molar-refractivity contribution in [2.75, 3.05) is 0 Å². The summed E-state index contributed by atoms with van der Waals surface area (Å²) in [5.41, 5.74) is 1.36. The van der Waals surface area contributed by atoms with E-state index in [1.165, 1.54) is 5.57 Å². The Morgan fingerprint density at radius 2 is 2.20 bits per heavy atom. The third-order valence-electron chi connectivity index (χ3n) is 1.22. The van der Waals surface area contributed by atoms with Gasteiger partial charge in [0.25, 0.3) is 0 Å². The molecule has 0 fully saturated rings. The van der Waals surface area contributed by atoms with Crippen LogP contribution in [0, 0.1) is 0 Å². The van der Waals surface area contributed by atoms with Crippen molar-refractivity contribution in [2.45, 2.75) is 26.7 Å². The quantitative estimate of drug-likeness (QED) is 0.410. The molecule has 0 aromatic heterocycles. The second kappa shape index (κ2) is 6.34. The normalized spacial score (nSPS) is 12.4. The minimum absolute atomic E-state index is 0.994. The van der Waals surface area contributed by atoms with Crippen LogP contribution >= 0.6 is 0 Å². The van der Waals surface area contributed by atoms with Crippen LogP contribution in [0.4, 0.5) is 0 Å². The van der Waals surface area contributed by atoms with Gasteiger partial charge in [-0.05, 0) is 19.8 Å². The Labute approximate surface area is 64.0 Å². The standard InChI is InChI=1S/C10H16/c1-4-6-7-9-10(3)8-5-2/h5-7,9H,2,4,8H2,1,3H3/b7-6-,10-9-. The fraction of sp³-hybridized carbons (Fsp3) is 0.400. The molecule has 56 valence electrons. The van der Waals surface area contributed by atoms with Crippen molar-refractivity contribution < 1.29 is 0 Å². The van der Waals surface area contributed by atoms with Gasteiger partial charge in [0, 0.05) is 0 Å². The Hall–Kier alpha value is -0.780. The van der Waals surface area contributed by atoms with E-state index in [-0.39, 0.29) is 0 Å². The maximum atomic E-state index is 3.66. The highest BCUT2D eigenvalue weighted by atomic mass is 13.9. The zero-order valence-corrected chi connectivity index (χ0v) is 6.93. The molecule has 0 unspecified atom stereocenters. The molecule has 0 rings (SSSR count). The van der Waals surface area contributed by atoms with Gasteiger partial charge in [-0.2, -0.15) is 0 Å². The molecule has 0 radical (unpaired) electrons. The summed E-state index contributed by atoms with van der Waals surface area (Å²) in [6.45, 7) is 7.91. The molecule has 0 N–H and O–H groups in total. The average Bonchev–Trinajstić information content (AvgIpc) is 1.89. The summed E-state index contributed by atoms with van der Waals surface area (Å²) in [6.07, 6.45) is 10.4. The van der Waals surface area contributed by atoms with Crippen LogP contribution in [0.2, 0.25) is 0 Å². The summed E-state index contributed by atoms with van der Waals surface area (Å²) in [6, 6.07) is 0. The van der Waals surface area contributed by atoms with E-state index in [0.717, 1.165) is 12.8 Å². The molecule has 0 atom stereocenters. The van der Waals surface area contributed by atoms with Crippen LogP contribution in [-0.4, -0.2) is 0 Å². The van der Waals surface area contributed by atoms with Gasteiger partial charge in [-0.3, -0.25) is 0 Å². The van der Waals surface area contributed by atoms with Gasteiger partial charge in [0.05, 0.1) is 0 Å². The predicted molar refractivity (Wildman–Crippen MR) is 48.0 cm³/mol. The first-order valence-corrected chi connectivity index (χ1v) is 3.74. The van der Waals surface area contributed by atoms with Crippen LogP contribution < -0.4 is 0 Å². The lowest BCUT2D eigenvalue weighted by molar-refractivity contribution is 1.20. The van der Waals surface area contributed by atoms with Crippen LogP contribution in [-0.2, 0) is 0 Å². The zero-order valence-electron chi connectivity index (χ0n) is 6.93. The molecule has 0 heteroatoms. The summed E-state index contributed by atoms with van der Waals surface area (Å²) in [5, 5.41) is 0. The highest BCUT2D eigenvalue weighted by Gasteiger charge is 1.78. The molecule has 0 heterocycles. The van der Waals surface area contributed by atoms with Crippen molar-refractivity contribution in [1.29, 1.82) is 0 Å². The van der Waals surface area contributed by atoms with E-state index >= 15 is 0 Å². The Morgan fingerprint density at radius 1 is 1.50 bits per heavy atom. The van der Waals surface area contributed by atoms with Crippen molar-refractivity contribution in [2.24, 2.45) is 0 Å². The molecule has 0 amide bonds. The fourth-order valence-corrected chi connectivity index (χ4v) is 0.664. The largest absolute Gasteiger partial charge is 0.103 e. The van der Waals surface area contributed by atoms with Crippen molar-refractivity contribution >= 4 is 0 Å². The van der Waals surface area contributed by atoms with Crippen LogP contribution in [0.3, 0.4) is 0 Å². The number of allylic oxidation sites excluding steroid dienone is 5. The first-order chi connectivity index (χ1) is 4.81. The van der Waals surface area contributed by atoms with Gasteiger partial charge < -0.3 is 0 Å². The minimum Gasteiger partial charge on any atom is -0.103 e. The van der Waals surface area contributed by atoms with Crippen LogP contribution in [0.5, 0.6) is 0 Å². The van der Waals surface area contributed by atoms with Crippen molar-refractivity contribution in [3.8, 4) is 0 Å². The van der Waals surface area contributed by atoms with E-state index in [1.807, 2.05) is 6.08 Å². The number of hydrogen-bond acceptors (Lipinski definition) is 0. The van der Waals surface area contributed by atoms with Gasteiger partial charge in [0.2, 0.25) is 0 Å². The van der Waals surface area contributed by atoms with E-state index in [2.05, 4.69) is 38.7 Å². The molecule has 10 heavy (non-hydrogen) atoms. The summed E-state index contributed by atoms with van der Waals surface area (Å²) < 4.78 is 0. The van der Waals surface area contributed by atoms with E-state index in [0.29, 0.717) is 0 Å². The Morgan fingerprint density at radius 3 is 2.70 bits per heavy atom. The number of hydrogen-bond donors (Lipinski definition) is 0. The van der Waals surface area contributed by atoms with Gasteiger partial charge in [0.15, 0.2) is 0 Å². The van der Waals surface area contributed by atoms with Gasteiger partial charge in [-0.1, -0.05) is 36.8 Å². The highest BCUT2D eigenvalue weighted by Crippen LogP contribution is 1.99. The first-order valence-electron chi connectivity index (χ1n) is 3.74. The van der Waals surface area contributed by atoms with Crippen molar-refractivity contribution in [1.82, 2.24) is 0 Å². The molecular weight excluding hydrogens is 120 g/mol. The number of rotatable bonds is 4. The van der Waals surface area contributed by atoms with Gasteiger partial charge in [-0.25, -0.2) is 0 Å². The third kappa shape index (κ3) is 5.36. The lowest BCUT2D eigenvalue weighted by Crippen LogP contribution is -1.68. The van der Waals surface area contributed by atoms with Gasteiger partial charge in [0.1, 0.15) is 0 Å². The van der Waals surface area contributed by atoms with Crippen molar-refractivity contribution in [3.63, 3.8) is 0 Å². The molecule has 0 aliphatic rings. The molecule has 0 aliphatic heterocycles. The summed E-state index contributed by atoms with van der Waals surface area (Å²) in [5.74, 6) is 0. The lowest BCUT2D eigenvalue weighted by atomic mass is 10.2. The topological polar surface area (TPSA) is 0 Å². The third-order valence-corrected chi connectivity index (χ3v) is 1.22. The lowest BCUT2D eigenvalue weighted by Gasteiger charge is -1.89. The van der Waals surface area contributed by atoms with E-state index in [9.17, 15) is 0 Å². The molecule has 0 aromatic carbocycles. The first kappa shape index (κ1) is 9.22. The molecular formula is C10H16. The molecule has 0 saturated carbocycles. The maximum absolute atomic E-state index is 3.66. The SMILES string of the molecule is C=CC/C(C)=C\C=C/CC. The van der Waals surface area contributed by atoms with Crippen LogP contribution in [0.25, 0.3) is 0 Å². The maximum Gasteiger partial charge on any atom is -0.0141 e. The van der Waals surface area contributed by atoms with Crippen LogP contribution in [0.1, 0.15) is 26.7 Å². The van der Waals surface area contributed by atoms with E-state index in [4.69, 9.17) is 0 Å². The monoisotopic (exact) mass is 136 g/mol. The zero-order chi connectivity index (χ0) is 7.82. The van der Waals surface area contributed by atoms with E-state index in [1.54, 1.807) is 0 Å². The minimum atomic E-state index is 0.994. The van der Waals surface area contributed by atoms with Crippen LogP contribution in [0.15, 0.2) is 36.5 Å². The Bertz CT molecular complexity index is 138. The van der Waals surface area contributed by atoms with Gasteiger partial charge >= 0.3 is 0 Å².